The first kappa shape index (κ1) is 13.7. The van der Waals surface area contributed by atoms with E-state index in [-0.39, 0.29) is 4.90 Å². The van der Waals surface area contributed by atoms with Crippen LogP contribution in [-0.4, -0.2) is 27.2 Å². The van der Waals surface area contributed by atoms with Crippen molar-refractivity contribution < 1.29 is 17.9 Å². The lowest BCUT2D eigenvalue weighted by molar-refractivity contribution is 0.0526. The van der Waals surface area contributed by atoms with Gasteiger partial charge < -0.3 is 4.74 Å². The van der Waals surface area contributed by atoms with Crippen LogP contribution < -0.4 is 0 Å². The van der Waals surface area contributed by atoms with Crippen molar-refractivity contribution in [3.63, 3.8) is 0 Å². The zero-order chi connectivity index (χ0) is 13.2. The smallest absolute Gasteiger partial charge is 0.338 e. The van der Waals surface area contributed by atoms with Crippen LogP contribution in [0.2, 0.25) is 0 Å². The van der Waals surface area contributed by atoms with Crippen LogP contribution in [0.15, 0.2) is 17.0 Å². The van der Waals surface area contributed by atoms with E-state index in [4.69, 9.17) is 4.74 Å². The third kappa shape index (κ3) is 3.06. The average Bonchev–Trinajstić information content (AvgIpc) is 2.14. The number of ether oxygens (including phenoxy) is 1. The summed E-state index contributed by atoms with van der Waals surface area (Å²) in [5, 5.41) is 0. The van der Waals surface area contributed by atoms with Crippen LogP contribution in [0.5, 0.6) is 0 Å². The quantitative estimate of drug-likeness (QED) is 0.775. The molecule has 4 nitrogen and oxygen atoms in total. The second-order valence-corrected chi connectivity index (χ2v) is 5.88. The summed E-state index contributed by atoms with van der Waals surface area (Å²) < 4.78 is 28.0. The fourth-order valence-corrected chi connectivity index (χ4v) is 3.16. The molecule has 0 aliphatic rings. The Morgan fingerprint density at radius 1 is 1.24 bits per heavy atom. The van der Waals surface area contributed by atoms with Crippen LogP contribution in [0.4, 0.5) is 0 Å². The minimum atomic E-state index is -3.27. The second kappa shape index (κ2) is 4.87. The van der Waals surface area contributed by atoms with E-state index in [1.165, 1.54) is 0 Å². The van der Waals surface area contributed by atoms with Crippen molar-refractivity contribution in [2.24, 2.45) is 0 Å². The molecular formula is C12H16O4S. The highest BCUT2D eigenvalue weighted by Gasteiger charge is 2.17. The lowest BCUT2D eigenvalue weighted by Crippen LogP contribution is -2.09. The highest BCUT2D eigenvalue weighted by Crippen LogP contribution is 2.22. The van der Waals surface area contributed by atoms with Crippen LogP contribution in [0.1, 0.15) is 28.4 Å². The Balaban J connectivity index is 3.33. The van der Waals surface area contributed by atoms with Gasteiger partial charge in [0.25, 0.3) is 0 Å². The lowest BCUT2D eigenvalue weighted by atomic mass is 10.1. The van der Waals surface area contributed by atoms with Gasteiger partial charge in [0, 0.05) is 6.26 Å². The van der Waals surface area contributed by atoms with Gasteiger partial charge in [-0.1, -0.05) is 0 Å². The van der Waals surface area contributed by atoms with Gasteiger partial charge >= 0.3 is 5.97 Å². The molecule has 0 heterocycles. The molecule has 17 heavy (non-hydrogen) atoms. The molecule has 0 amide bonds. The predicted molar refractivity (Wildman–Crippen MR) is 65.0 cm³/mol. The maximum absolute atomic E-state index is 11.6. The number of benzene rings is 1. The Hall–Kier alpha value is -1.36. The van der Waals surface area contributed by atoms with Crippen molar-refractivity contribution in [2.45, 2.75) is 25.7 Å². The van der Waals surface area contributed by atoms with Crippen molar-refractivity contribution in [3.8, 4) is 0 Å². The molecule has 0 radical (unpaired) electrons. The number of hydrogen-bond donors (Lipinski definition) is 0. The first-order chi connectivity index (χ1) is 7.77. The maximum Gasteiger partial charge on any atom is 0.338 e. The number of rotatable bonds is 3. The maximum atomic E-state index is 11.6. The lowest BCUT2D eigenvalue weighted by Gasteiger charge is -2.10. The molecule has 1 rings (SSSR count). The molecular weight excluding hydrogens is 240 g/mol. The molecule has 0 atom stereocenters. The van der Waals surface area contributed by atoms with Gasteiger partial charge in [-0.15, -0.1) is 0 Å². The number of esters is 1. The molecule has 0 fully saturated rings. The first-order valence-electron chi connectivity index (χ1n) is 5.25. The van der Waals surface area contributed by atoms with Crippen LogP contribution in [-0.2, 0) is 14.6 Å². The fourth-order valence-electron chi connectivity index (χ4n) is 1.87. The zero-order valence-corrected chi connectivity index (χ0v) is 11.2. The molecule has 94 valence electrons. The Morgan fingerprint density at radius 3 is 2.06 bits per heavy atom. The SMILES string of the molecule is CCOC(=O)c1cc(C)c(S(C)(=O)=O)c(C)c1. The molecule has 0 aliphatic heterocycles. The Bertz CT molecular complexity index is 521. The average molecular weight is 256 g/mol. The van der Waals surface area contributed by atoms with Crippen molar-refractivity contribution in [1.29, 1.82) is 0 Å². The summed E-state index contributed by atoms with van der Waals surface area (Å²) in [5.74, 6) is -0.432. The van der Waals surface area contributed by atoms with Crippen LogP contribution >= 0.6 is 0 Å². The molecule has 0 saturated carbocycles. The van der Waals surface area contributed by atoms with Crippen LogP contribution in [0, 0.1) is 13.8 Å². The van der Waals surface area contributed by atoms with Gasteiger partial charge in [-0.05, 0) is 44.0 Å². The third-order valence-corrected chi connectivity index (χ3v) is 3.73. The normalized spacial score (nSPS) is 11.3. The summed E-state index contributed by atoms with van der Waals surface area (Å²) >= 11 is 0. The van der Waals surface area contributed by atoms with Gasteiger partial charge in [-0.25, -0.2) is 13.2 Å². The minimum Gasteiger partial charge on any atom is -0.462 e. The monoisotopic (exact) mass is 256 g/mol. The molecule has 0 bridgehead atoms. The van der Waals surface area contributed by atoms with E-state index < -0.39 is 15.8 Å². The molecule has 0 aliphatic carbocycles. The first-order valence-corrected chi connectivity index (χ1v) is 7.15. The summed E-state index contributed by atoms with van der Waals surface area (Å²) in [6.45, 7) is 5.37. The standard InChI is InChI=1S/C12H16O4S/c1-5-16-12(13)10-6-8(2)11(9(3)7-10)17(4,14)15/h6-7H,5H2,1-4H3. The Labute approximate surface area is 102 Å². The van der Waals surface area contributed by atoms with E-state index in [0.717, 1.165) is 6.26 Å². The van der Waals surface area contributed by atoms with Gasteiger partial charge in [0.2, 0.25) is 0 Å². The number of aryl methyl sites for hydroxylation is 2. The van der Waals surface area contributed by atoms with Crippen molar-refractivity contribution in [1.82, 2.24) is 0 Å². The van der Waals surface area contributed by atoms with Crippen LogP contribution in [0.3, 0.4) is 0 Å². The van der Waals surface area contributed by atoms with Gasteiger partial charge in [-0.3, -0.25) is 0 Å². The molecule has 1 aromatic carbocycles. The molecule has 0 aromatic heterocycles. The van der Waals surface area contributed by atoms with Gasteiger partial charge in [-0.2, -0.15) is 0 Å². The summed E-state index contributed by atoms with van der Waals surface area (Å²) in [6, 6.07) is 3.09. The second-order valence-electron chi connectivity index (χ2n) is 3.93. The molecule has 0 unspecified atom stereocenters. The van der Waals surface area contributed by atoms with Crippen molar-refractivity contribution in [3.05, 3.63) is 28.8 Å². The summed E-state index contributed by atoms with van der Waals surface area (Å²) in [5.41, 5.74) is 1.51. The minimum absolute atomic E-state index is 0.283. The third-order valence-electron chi connectivity index (χ3n) is 2.34. The van der Waals surface area contributed by atoms with E-state index in [1.807, 2.05) is 0 Å². The largest absolute Gasteiger partial charge is 0.462 e. The molecule has 1 aromatic rings. The zero-order valence-electron chi connectivity index (χ0n) is 10.4. The number of carbonyl (C=O) groups is 1. The number of hydrogen-bond acceptors (Lipinski definition) is 4. The Morgan fingerprint density at radius 2 is 1.71 bits per heavy atom. The van der Waals surface area contributed by atoms with E-state index in [2.05, 4.69) is 0 Å². The number of sulfone groups is 1. The summed E-state index contributed by atoms with van der Waals surface area (Å²) in [7, 11) is -3.27. The van der Waals surface area contributed by atoms with E-state index in [1.54, 1.807) is 32.9 Å². The van der Waals surface area contributed by atoms with Crippen LogP contribution in [0.25, 0.3) is 0 Å². The topological polar surface area (TPSA) is 60.4 Å². The van der Waals surface area contributed by atoms with E-state index in [0.29, 0.717) is 23.3 Å². The van der Waals surface area contributed by atoms with E-state index >= 15 is 0 Å². The molecule has 5 heteroatoms. The van der Waals surface area contributed by atoms with Gasteiger partial charge in [0.15, 0.2) is 9.84 Å². The highest BCUT2D eigenvalue weighted by atomic mass is 32.2. The Kier molecular flexibility index (Phi) is 3.93. The predicted octanol–water partition coefficient (Wildman–Crippen LogP) is 1.88. The van der Waals surface area contributed by atoms with Crippen molar-refractivity contribution >= 4 is 15.8 Å². The summed E-state index contributed by atoms with van der Waals surface area (Å²) in [6.07, 6.45) is 1.16. The van der Waals surface area contributed by atoms with E-state index in [9.17, 15) is 13.2 Å². The molecule has 0 spiro atoms. The fraction of sp³-hybridized carbons (Fsp3) is 0.417. The molecule has 0 N–H and O–H groups in total. The number of carbonyl (C=O) groups excluding carboxylic acids is 1. The van der Waals surface area contributed by atoms with Crippen molar-refractivity contribution in [2.75, 3.05) is 12.9 Å². The molecule has 0 saturated heterocycles. The van der Waals surface area contributed by atoms with Gasteiger partial charge in [0.1, 0.15) is 0 Å². The highest BCUT2D eigenvalue weighted by molar-refractivity contribution is 7.90. The van der Waals surface area contributed by atoms with Gasteiger partial charge in [0.05, 0.1) is 17.1 Å². The summed E-state index contributed by atoms with van der Waals surface area (Å²) in [4.78, 5) is 11.8.